The predicted octanol–water partition coefficient (Wildman–Crippen LogP) is 2.94. The van der Waals surface area contributed by atoms with E-state index in [2.05, 4.69) is 24.9 Å². The van der Waals surface area contributed by atoms with E-state index >= 15 is 0 Å². The Morgan fingerprint density at radius 3 is 2.88 bits per heavy atom. The van der Waals surface area contributed by atoms with E-state index in [0.29, 0.717) is 11.3 Å². The molecule has 3 nitrogen and oxygen atoms in total. The second kappa shape index (κ2) is 5.82. The van der Waals surface area contributed by atoms with Crippen LogP contribution < -0.4 is 10.1 Å². The van der Waals surface area contributed by atoms with Gasteiger partial charge in [0.05, 0.1) is 24.4 Å². The number of nitriles is 1. The van der Waals surface area contributed by atoms with Crippen molar-refractivity contribution in [2.75, 3.05) is 19.0 Å². The quantitative estimate of drug-likeness (QED) is 0.770. The molecule has 1 rings (SSSR count). The number of rotatable bonds is 5. The number of nitrogens with one attached hydrogen (secondary N) is 1. The van der Waals surface area contributed by atoms with Crippen molar-refractivity contribution < 1.29 is 4.74 Å². The molecule has 1 N–H and O–H groups in total. The summed E-state index contributed by atoms with van der Waals surface area (Å²) in [5.74, 6) is 0.683. The van der Waals surface area contributed by atoms with Gasteiger partial charge in [0, 0.05) is 12.6 Å². The molecule has 0 unspecified atom stereocenters. The molecule has 0 saturated carbocycles. The molecule has 0 bridgehead atoms. The van der Waals surface area contributed by atoms with Gasteiger partial charge in [0.15, 0.2) is 0 Å². The Morgan fingerprint density at radius 2 is 2.31 bits per heavy atom. The van der Waals surface area contributed by atoms with Gasteiger partial charge in [0.1, 0.15) is 5.75 Å². The van der Waals surface area contributed by atoms with Crippen LogP contribution in [0.15, 0.2) is 30.4 Å². The lowest BCUT2D eigenvalue weighted by atomic mass is 10.2. The van der Waals surface area contributed by atoms with Gasteiger partial charge in [0.2, 0.25) is 0 Å². The molecule has 0 atom stereocenters. The summed E-state index contributed by atoms with van der Waals surface area (Å²) in [6, 6.07) is 7.41. The summed E-state index contributed by atoms with van der Waals surface area (Å²) in [7, 11) is 1.59. The van der Waals surface area contributed by atoms with Crippen LogP contribution in [0.3, 0.4) is 0 Å². The number of hydrogen-bond donors (Lipinski definition) is 1. The molecule has 0 heterocycles. The Balaban J connectivity index is 2.80. The molecule has 0 fully saturated rings. The van der Waals surface area contributed by atoms with Crippen LogP contribution in [0.1, 0.15) is 18.9 Å². The van der Waals surface area contributed by atoms with Gasteiger partial charge in [-0.1, -0.05) is 19.1 Å². The fourth-order valence-corrected chi connectivity index (χ4v) is 1.25. The van der Waals surface area contributed by atoms with E-state index in [1.54, 1.807) is 19.2 Å². The van der Waals surface area contributed by atoms with Crippen LogP contribution in [0.4, 0.5) is 5.69 Å². The van der Waals surface area contributed by atoms with E-state index in [1.807, 2.05) is 6.07 Å². The van der Waals surface area contributed by atoms with E-state index in [4.69, 9.17) is 10.00 Å². The maximum atomic E-state index is 8.76. The summed E-state index contributed by atoms with van der Waals surface area (Å²) in [6.07, 6.45) is 0.950. The van der Waals surface area contributed by atoms with Crippen molar-refractivity contribution >= 4 is 5.69 Å². The van der Waals surface area contributed by atoms with Crippen LogP contribution in [0.2, 0.25) is 0 Å². The average Bonchev–Trinajstić information content (AvgIpc) is 2.35. The minimum atomic E-state index is 0.594. The molecule has 1 aromatic rings. The molecular formula is C13H16N2O. The van der Waals surface area contributed by atoms with Crippen LogP contribution in [-0.2, 0) is 0 Å². The summed E-state index contributed by atoms with van der Waals surface area (Å²) in [5.41, 5.74) is 2.61. The number of benzene rings is 1. The first kappa shape index (κ1) is 12.1. The highest BCUT2D eigenvalue weighted by molar-refractivity contribution is 5.59. The van der Waals surface area contributed by atoms with Crippen molar-refractivity contribution in [2.45, 2.75) is 13.3 Å². The summed E-state index contributed by atoms with van der Waals surface area (Å²) >= 11 is 0. The molecule has 0 aromatic heterocycles. The molecule has 0 saturated heterocycles. The van der Waals surface area contributed by atoms with Crippen molar-refractivity contribution in [3.05, 3.63) is 35.9 Å². The third kappa shape index (κ3) is 3.03. The zero-order valence-corrected chi connectivity index (χ0v) is 9.71. The van der Waals surface area contributed by atoms with Gasteiger partial charge in [-0.15, -0.1) is 0 Å². The number of methoxy groups -OCH3 is 1. The third-order valence-electron chi connectivity index (χ3n) is 2.36. The van der Waals surface area contributed by atoms with E-state index in [-0.39, 0.29) is 0 Å². The van der Waals surface area contributed by atoms with Crippen LogP contribution in [0.5, 0.6) is 5.75 Å². The second-order valence-electron chi connectivity index (χ2n) is 3.48. The molecular weight excluding hydrogens is 200 g/mol. The van der Waals surface area contributed by atoms with Gasteiger partial charge in [0.25, 0.3) is 0 Å². The number of nitrogens with zero attached hydrogens (tertiary/aromatic N) is 1. The third-order valence-corrected chi connectivity index (χ3v) is 2.36. The summed E-state index contributed by atoms with van der Waals surface area (Å²) < 4.78 is 5.21. The van der Waals surface area contributed by atoms with Gasteiger partial charge in [-0.2, -0.15) is 5.26 Å². The largest absolute Gasteiger partial charge is 0.495 e. The van der Waals surface area contributed by atoms with Crippen molar-refractivity contribution in [3.8, 4) is 11.8 Å². The molecule has 0 aliphatic carbocycles. The molecule has 1 aromatic carbocycles. The normalized spacial score (nSPS) is 9.31. The fraction of sp³-hybridized carbons (Fsp3) is 0.308. The van der Waals surface area contributed by atoms with Crippen molar-refractivity contribution in [1.29, 1.82) is 5.26 Å². The van der Waals surface area contributed by atoms with Gasteiger partial charge < -0.3 is 10.1 Å². The Labute approximate surface area is 96.4 Å². The first-order chi connectivity index (χ1) is 7.71. The van der Waals surface area contributed by atoms with Crippen molar-refractivity contribution in [1.82, 2.24) is 0 Å². The lowest BCUT2D eigenvalue weighted by Gasteiger charge is -2.11. The topological polar surface area (TPSA) is 45.0 Å². The fourth-order valence-electron chi connectivity index (χ4n) is 1.25. The van der Waals surface area contributed by atoms with E-state index in [0.717, 1.165) is 24.2 Å². The van der Waals surface area contributed by atoms with E-state index in [1.165, 1.54) is 0 Å². The van der Waals surface area contributed by atoms with Crippen LogP contribution >= 0.6 is 0 Å². The molecule has 3 heteroatoms. The zero-order chi connectivity index (χ0) is 12.0. The molecule has 84 valence electrons. The predicted molar refractivity (Wildman–Crippen MR) is 65.6 cm³/mol. The average molecular weight is 216 g/mol. The molecule has 0 aliphatic heterocycles. The number of anilines is 1. The lowest BCUT2D eigenvalue weighted by Crippen LogP contribution is -2.04. The highest BCUT2D eigenvalue weighted by Crippen LogP contribution is 2.25. The maximum absolute atomic E-state index is 8.76. The maximum Gasteiger partial charge on any atom is 0.143 e. The van der Waals surface area contributed by atoms with Crippen molar-refractivity contribution in [2.24, 2.45) is 0 Å². The second-order valence-corrected chi connectivity index (χ2v) is 3.48. The molecule has 0 aliphatic rings. The Kier molecular flexibility index (Phi) is 4.41. The van der Waals surface area contributed by atoms with Gasteiger partial charge in [-0.25, -0.2) is 0 Å². The van der Waals surface area contributed by atoms with Gasteiger partial charge in [-0.05, 0) is 18.6 Å². The Bertz CT molecular complexity index is 418. The van der Waals surface area contributed by atoms with Crippen LogP contribution in [0, 0.1) is 11.3 Å². The highest BCUT2D eigenvalue weighted by atomic mass is 16.5. The number of hydrogen-bond acceptors (Lipinski definition) is 3. The van der Waals surface area contributed by atoms with Crippen LogP contribution in [0.25, 0.3) is 0 Å². The lowest BCUT2D eigenvalue weighted by molar-refractivity contribution is 0.416. The molecule has 0 amide bonds. The monoisotopic (exact) mass is 216 g/mol. The van der Waals surface area contributed by atoms with Gasteiger partial charge >= 0.3 is 0 Å². The highest BCUT2D eigenvalue weighted by Gasteiger charge is 2.03. The van der Waals surface area contributed by atoms with Crippen LogP contribution in [-0.4, -0.2) is 13.7 Å². The van der Waals surface area contributed by atoms with Gasteiger partial charge in [-0.3, -0.25) is 0 Å². The van der Waals surface area contributed by atoms with Crippen molar-refractivity contribution in [3.63, 3.8) is 0 Å². The molecule has 0 spiro atoms. The Hall–Kier alpha value is -1.95. The summed E-state index contributed by atoms with van der Waals surface area (Å²) in [6.45, 7) is 6.71. The number of ether oxygens (including phenoxy) is 1. The SMILES string of the molecule is C=C(CC)CNc1ccc(C#N)cc1OC. The first-order valence-corrected chi connectivity index (χ1v) is 5.20. The van der Waals surface area contributed by atoms with E-state index in [9.17, 15) is 0 Å². The molecule has 0 radical (unpaired) electrons. The minimum absolute atomic E-state index is 0.594. The summed E-state index contributed by atoms with van der Waals surface area (Å²) in [5, 5.41) is 12.0. The smallest absolute Gasteiger partial charge is 0.143 e. The minimum Gasteiger partial charge on any atom is -0.495 e. The summed E-state index contributed by atoms with van der Waals surface area (Å²) in [4.78, 5) is 0. The first-order valence-electron chi connectivity index (χ1n) is 5.20. The van der Waals surface area contributed by atoms with E-state index < -0.39 is 0 Å². The zero-order valence-electron chi connectivity index (χ0n) is 9.71. The standard InChI is InChI=1S/C13H16N2O/c1-4-10(2)9-15-12-6-5-11(8-14)7-13(12)16-3/h5-7,15H,2,4,9H2,1,3H3. The Morgan fingerprint density at radius 1 is 1.56 bits per heavy atom. The molecule has 16 heavy (non-hydrogen) atoms.